The van der Waals surface area contributed by atoms with Gasteiger partial charge in [0.25, 0.3) is 5.91 Å². The first-order chi connectivity index (χ1) is 15.5. The minimum Gasteiger partial charge on any atom is -0.493 e. The van der Waals surface area contributed by atoms with E-state index in [1.54, 1.807) is 31.0 Å². The minimum absolute atomic E-state index is 0.247. The molecule has 9 heteroatoms. The van der Waals surface area contributed by atoms with Gasteiger partial charge < -0.3 is 14.8 Å². The first-order valence-electron chi connectivity index (χ1n) is 10.4. The summed E-state index contributed by atoms with van der Waals surface area (Å²) in [5, 5.41) is 11.8. The zero-order valence-electron chi connectivity index (χ0n) is 18.6. The maximum Gasteiger partial charge on any atom is 0.271 e. The first kappa shape index (κ1) is 21.4. The third-order valence-corrected chi connectivity index (χ3v) is 5.42. The van der Waals surface area contributed by atoms with Crippen molar-refractivity contribution in [3.63, 3.8) is 0 Å². The Labute approximate surface area is 186 Å². The fourth-order valence-electron chi connectivity index (χ4n) is 3.67. The molecule has 32 heavy (non-hydrogen) atoms. The fraction of sp³-hybridized carbons (Fsp3) is 0.304. The van der Waals surface area contributed by atoms with E-state index < -0.39 is 0 Å². The van der Waals surface area contributed by atoms with Crippen LogP contribution in [0.4, 0.5) is 0 Å². The number of carbonyl (C=O) groups is 1. The van der Waals surface area contributed by atoms with Crippen molar-refractivity contribution in [2.45, 2.75) is 26.8 Å². The summed E-state index contributed by atoms with van der Waals surface area (Å²) in [6.07, 6.45) is 4.18. The van der Waals surface area contributed by atoms with Crippen LogP contribution in [-0.4, -0.2) is 51.1 Å². The molecule has 4 aromatic rings. The lowest BCUT2D eigenvalue weighted by atomic mass is 10.1. The number of methoxy groups -OCH3 is 2. The molecule has 0 spiro atoms. The molecule has 0 saturated carbocycles. The second-order valence-electron chi connectivity index (χ2n) is 7.28. The summed E-state index contributed by atoms with van der Waals surface area (Å²) in [5.41, 5.74) is 4.80. The lowest BCUT2D eigenvalue weighted by Gasteiger charge is -2.09. The summed E-state index contributed by atoms with van der Waals surface area (Å²) in [6, 6.07) is 9.28. The van der Waals surface area contributed by atoms with E-state index in [4.69, 9.17) is 9.47 Å². The Hall–Kier alpha value is -3.88. The highest BCUT2D eigenvalue weighted by Gasteiger charge is 2.16. The van der Waals surface area contributed by atoms with Gasteiger partial charge >= 0.3 is 0 Å². The molecule has 0 unspecified atom stereocenters. The van der Waals surface area contributed by atoms with Crippen LogP contribution in [0.1, 0.15) is 28.7 Å². The summed E-state index contributed by atoms with van der Waals surface area (Å²) >= 11 is 0. The van der Waals surface area contributed by atoms with Gasteiger partial charge in [-0.1, -0.05) is 6.07 Å². The van der Waals surface area contributed by atoms with Gasteiger partial charge in [0.05, 0.1) is 26.1 Å². The standard InChI is InChI=1S/C23H26N6O3/c1-5-28-15(2)17(14-26-28)19-9-11-24-22-13-18(27-29(19)22)23(30)25-10-8-16-6-7-20(31-3)21(12-16)32-4/h6-7,9,11-14H,5,8,10H2,1-4H3,(H,25,30). The second-order valence-corrected chi connectivity index (χ2v) is 7.28. The van der Waals surface area contributed by atoms with Gasteiger partial charge in [0.2, 0.25) is 0 Å². The summed E-state index contributed by atoms with van der Waals surface area (Å²) in [5.74, 6) is 1.09. The van der Waals surface area contributed by atoms with E-state index in [0.29, 0.717) is 35.8 Å². The van der Waals surface area contributed by atoms with Crippen molar-refractivity contribution in [2.75, 3.05) is 20.8 Å². The molecule has 0 aliphatic carbocycles. The molecule has 3 heterocycles. The van der Waals surface area contributed by atoms with Crippen molar-refractivity contribution in [1.82, 2.24) is 29.7 Å². The molecular weight excluding hydrogens is 408 g/mol. The number of benzene rings is 1. The highest BCUT2D eigenvalue weighted by atomic mass is 16.5. The average Bonchev–Trinajstić information content (AvgIpc) is 3.42. The molecule has 1 amide bonds. The van der Waals surface area contributed by atoms with E-state index in [1.165, 1.54) is 0 Å². The van der Waals surface area contributed by atoms with Gasteiger partial charge in [-0.25, -0.2) is 9.50 Å². The van der Waals surface area contributed by atoms with Gasteiger partial charge in [-0.3, -0.25) is 9.48 Å². The number of amides is 1. The third-order valence-electron chi connectivity index (χ3n) is 5.42. The number of ether oxygens (including phenoxy) is 2. The highest BCUT2D eigenvalue weighted by Crippen LogP contribution is 2.27. The maximum absolute atomic E-state index is 12.7. The molecule has 0 bridgehead atoms. The zero-order valence-corrected chi connectivity index (χ0v) is 18.6. The monoisotopic (exact) mass is 434 g/mol. The average molecular weight is 435 g/mol. The van der Waals surface area contributed by atoms with Gasteiger partial charge in [0, 0.05) is 36.6 Å². The summed E-state index contributed by atoms with van der Waals surface area (Å²) in [6.45, 7) is 5.31. The maximum atomic E-state index is 12.7. The van der Waals surface area contributed by atoms with E-state index in [9.17, 15) is 4.79 Å². The van der Waals surface area contributed by atoms with Gasteiger partial charge in [0.1, 0.15) is 0 Å². The summed E-state index contributed by atoms with van der Waals surface area (Å²) in [7, 11) is 3.20. The topological polar surface area (TPSA) is 95.6 Å². The number of rotatable bonds is 8. The Kier molecular flexibility index (Phi) is 6.07. The van der Waals surface area contributed by atoms with Crippen molar-refractivity contribution >= 4 is 11.6 Å². The Bertz CT molecular complexity index is 1260. The Morgan fingerprint density at radius 2 is 1.94 bits per heavy atom. The van der Waals surface area contributed by atoms with E-state index in [-0.39, 0.29) is 5.91 Å². The van der Waals surface area contributed by atoms with Crippen LogP contribution in [0, 0.1) is 6.92 Å². The fourth-order valence-corrected chi connectivity index (χ4v) is 3.67. The molecule has 166 valence electrons. The summed E-state index contributed by atoms with van der Waals surface area (Å²) in [4.78, 5) is 17.1. The van der Waals surface area contributed by atoms with Gasteiger partial charge in [-0.05, 0) is 44.0 Å². The number of carbonyl (C=O) groups excluding carboxylic acids is 1. The van der Waals surface area contributed by atoms with Crippen molar-refractivity contribution in [3.8, 4) is 22.8 Å². The van der Waals surface area contributed by atoms with E-state index in [0.717, 1.165) is 29.1 Å². The Balaban J connectivity index is 1.49. The van der Waals surface area contributed by atoms with Crippen molar-refractivity contribution in [1.29, 1.82) is 0 Å². The quantitative estimate of drug-likeness (QED) is 0.458. The van der Waals surface area contributed by atoms with Gasteiger partial charge in [-0.15, -0.1) is 0 Å². The largest absolute Gasteiger partial charge is 0.493 e. The van der Waals surface area contributed by atoms with E-state index >= 15 is 0 Å². The highest BCUT2D eigenvalue weighted by molar-refractivity contribution is 5.93. The van der Waals surface area contributed by atoms with Crippen LogP contribution in [0.2, 0.25) is 0 Å². The molecule has 0 radical (unpaired) electrons. The number of nitrogens with one attached hydrogen (secondary N) is 1. The Morgan fingerprint density at radius 1 is 1.12 bits per heavy atom. The molecule has 1 aromatic carbocycles. The second kappa shape index (κ2) is 9.09. The predicted molar refractivity (Wildman–Crippen MR) is 120 cm³/mol. The molecule has 3 aromatic heterocycles. The minimum atomic E-state index is -0.247. The molecule has 4 rings (SSSR count). The van der Waals surface area contributed by atoms with Crippen LogP contribution in [0.15, 0.2) is 42.7 Å². The molecule has 9 nitrogen and oxygen atoms in total. The first-order valence-corrected chi connectivity index (χ1v) is 10.4. The molecule has 0 aliphatic rings. The number of fused-ring (bicyclic) bond motifs is 1. The van der Waals surface area contributed by atoms with E-state index in [2.05, 4.69) is 20.5 Å². The molecule has 0 fully saturated rings. The number of hydrogen-bond donors (Lipinski definition) is 1. The van der Waals surface area contributed by atoms with E-state index in [1.807, 2.05) is 49.0 Å². The van der Waals surface area contributed by atoms with Crippen LogP contribution in [0.5, 0.6) is 11.5 Å². The SMILES string of the molecule is CCn1ncc(-c2ccnc3cc(C(=O)NCCc4ccc(OC)c(OC)c4)nn23)c1C. The number of aromatic nitrogens is 5. The molecule has 0 atom stereocenters. The third kappa shape index (κ3) is 4.01. The normalized spacial score (nSPS) is 11.0. The van der Waals surface area contributed by atoms with Crippen LogP contribution >= 0.6 is 0 Å². The van der Waals surface area contributed by atoms with Crippen LogP contribution in [-0.2, 0) is 13.0 Å². The lowest BCUT2D eigenvalue weighted by molar-refractivity contribution is 0.0949. The molecular formula is C23H26N6O3. The van der Waals surface area contributed by atoms with Crippen LogP contribution in [0.3, 0.4) is 0 Å². The number of hydrogen-bond acceptors (Lipinski definition) is 6. The number of aryl methyl sites for hydroxylation is 1. The summed E-state index contributed by atoms with van der Waals surface area (Å²) < 4.78 is 14.2. The molecule has 0 saturated heterocycles. The van der Waals surface area contributed by atoms with Gasteiger partial charge in [0.15, 0.2) is 22.8 Å². The molecule has 1 N–H and O–H groups in total. The lowest BCUT2D eigenvalue weighted by Crippen LogP contribution is -2.26. The van der Waals surface area contributed by atoms with Crippen molar-refractivity contribution < 1.29 is 14.3 Å². The Morgan fingerprint density at radius 3 is 2.66 bits per heavy atom. The van der Waals surface area contributed by atoms with Crippen LogP contribution in [0.25, 0.3) is 16.9 Å². The van der Waals surface area contributed by atoms with Crippen molar-refractivity contribution in [2.24, 2.45) is 0 Å². The zero-order chi connectivity index (χ0) is 22.7. The predicted octanol–water partition coefficient (Wildman–Crippen LogP) is 2.91. The molecule has 0 aliphatic heterocycles. The number of nitrogens with zero attached hydrogens (tertiary/aromatic N) is 5. The van der Waals surface area contributed by atoms with Gasteiger partial charge in [-0.2, -0.15) is 10.2 Å². The van der Waals surface area contributed by atoms with Crippen molar-refractivity contribution in [3.05, 3.63) is 59.7 Å². The van der Waals surface area contributed by atoms with Crippen LogP contribution < -0.4 is 14.8 Å². The smallest absolute Gasteiger partial charge is 0.271 e.